The molecular weight excluding hydrogens is 474 g/mol. The Balaban J connectivity index is 1.45. The van der Waals surface area contributed by atoms with E-state index >= 15 is 0 Å². The minimum atomic E-state index is -1.37. The first kappa shape index (κ1) is 26.4. The molecule has 1 fully saturated rings. The lowest BCUT2D eigenvalue weighted by Crippen LogP contribution is -2.56. The van der Waals surface area contributed by atoms with Crippen LogP contribution in [0.3, 0.4) is 0 Å². The predicted molar refractivity (Wildman–Crippen MR) is 140 cm³/mol. The maximum atomic E-state index is 12.5. The minimum Gasteiger partial charge on any atom is -0.457 e. The molecule has 9 nitrogen and oxygen atoms in total. The number of nitrogens with zero attached hydrogens (tertiary/aromatic N) is 2. The Bertz CT molecular complexity index is 1320. The van der Waals surface area contributed by atoms with Crippen molar-refractivity contribution in [3.05, 3.63) is 59.9 Å². The van der Waals surface area contributed by atoms with Crippen LogP contribution in [0.1, 0.15) is 19.6 Å². The summed E-state index contributed by atoms with van der Waals surface area (Å²) in [4.78, 5) is 14.8. The highest BCUT2D eigenvalue weighted by molar-refractivity contribution is 6.01. The van der Waals surface area contributed by atoms with Gasteiger partial charge in [-0.1, -0.05) is 18.2 Å². The first-order valence-corrected chi connectivity index (χ1v) is 12.3. The zero-order valence-corrected chi connectivity index (χ0v) is 20.8. The fourth-order valence-electron chi connectivity index (χ4n) is 4.38. The van der Waals surface area contributed by atoms with Crippen LogP contribution in [-0.2, 0) is 9.53 Å². The first-order chi connectivity index (χ1) is 17.8. The summed E-state index contributed by atoms with van der Waals surface area (Å²) < 4.78 is 11.2. The van der Waals surface area contributed by atoms with Gasteiger partial charge < -0.3 is 34.7 Å². The summed E-state index contributed by atoms with van der Waals surface area (Å²) in [6.07, 6.45) is -3.50. The molecule has 0 spiro atoms. The number of hydrogen-bond donors (Lipinski definition) is 4. The zero-order valence-electron chi connectivity index (χ0n) is 20.8. The average molecular weight is 506 g/mol. The number of amides is 1. The van der Waals surface area contributed by atoms with Gasteiger partial charge in [-0.25, -0.2) is 0 Å². The van der Waals surface area contributed by atoms with Crippen molar-refractivity contribution in [2.75, 3.05) is 31.1 Å². The van der Waals surface area contributed by atoms with Crippen molar-refractivity contribution < 1.29 is 29.3 Å². The monoisotopic (exact) mass is 505 g/mol. The van der Waals surface area contributed by atoms with Gasteiger partial charge in [0.1, 0.15) is 47.6 Å². The van der Waals surface area contributed by atoms with Crippen molar-refractivity contribution in [3.63, 3.8) is 0 Å². The van der Waals surface area contributed by atoms with Gasteiger partial charge in [0.25, 0.3) is 5.91 Å². The molecule has 1 aliphatic rings. The zero-order chi connectivity index (χ0) is 26.5. The number of furan rings is 1. The van der Waals surface area contributed by atoms with E-state index in [0.717, 1.165) is 29.4 Å². The largest absolute Gasteiger partial charge is 0.457 e. The van der Waals surface area contributed by atoms with Crippen molar-refractivity contribution in [2.24, 2.45) is 0 Å². The van der Waals surface area contributed by atoms with Crippen molar-refractivity contribution >= 4 is 28.4 Å². The molecule has 1 aliphatic heterocycles. The lowest BCUT2D eigenvalue weighted by molar-refractivity contribution is -0.185. The molecular formula is C28H31N3O6. The normalized spacial score (nSPS) is 22.0. The number of aliphatic hydroxyl groups is 3. The molecule has 4 rings (SSSR count). The number of nitrogens with one attached hydrogen (secondary N) is 1. The summed E-state index contributed by atoms with van der Waals surface area (Å²) >= 11 is 0. The highest BCUT2D eigenvalue weighted by atomic mass is 16.5. The Hall–Kier alpha value is -3.68. The van der Waals surface area contributed by atoms with E-state index in [9.17, 15) is 25.4 Å². The van der Waals surface area contributed by atoms with E-state index in [1.54, 1.807) is 12.1 Å². The van der Waals surface area contributed by atoms with Crippen molar-refractivity contribution in [2.45, 2.75) is 38.3 Å². The van der Waals surface area contributed by atoms with Crippen LogP contribution in [0.4, 0.5) is 5.69 Å². The molecule has 4 unspecified atom stereocenters. The van der Waals surface area contributed by atoms with E-state index in [-0.39, 0.29) is 18.7 Å². The highest BCUT2D eigenvalue weighted by Gasteiger charge is 2.37. The summed E-state index contributed by atoms with van der Waals surface area (Å²) in [7, 11) is 0. The molecule has 194 valence electrons. The fraction of sp³-hybridized carbons (Fsp3) is 0.357. The lowest BCUT2D eigenvalue weighted by atomic mass is 10.00. The number of anilines is 1. The van der Waals surface area contributed by atoms with Crippen LogP contribution >= 0.6 is 0 Å². The van der Waals surface area contributed by atoms with Crippen LogP contribution < -0.4 is 10.2 Å². The molecule has 1 amide bonds. The molecule has 0 aliphatic carbocycles. The second-order valence-corrected chi connectivity index (χ2v) is 8.92. The molecule has 9 heteroatoms. The van der Waals surface area contributed by atoms with Crippen LogP contribution in [0.5, 0.6) is 0 Å². The van der Waals surface area contributed by atoms with Gasteiger partial charge in [-0.2, -0.15) is 5.26 Å². The Kier molecular flexibility index (Phi) is 8.26. The second-order valence-electron chi connectivity index (χ2n) is 8.92. The minimum absolute atomic E-state index is 0.140. The molecule has 1 aromatic heterocycles. The molecule has 0 radical (unpaired) electrons. The Labute approximate surface area is 215 Å². The third-order valence-electron chi connectivity index (χ3n) is 6.59. The van der Waals surface area contributed by atoms with Crippen LogP contribution in [-0.4, -0.2) is 71.9 Å². The van der Waals surface area contributed by atoms with E-state index in [2.05, 4.69) is 42.3 Å². The standard InChI is InChI=1S/C28H31N3O6/c1-3-31(4-2)21-8-7-17-11-19(6-5-18(17)12-21)24-10-9-22(37-24)13-20(14-29)28(35)30-15-25-27(34)26(33)23(32)16-36-25/h5-13,23,25-27,32-34H,3-4,15-16H2,1-2H3,(H,30,35). The third kappa shape index (κ3) is 5.84. The van der Waals surface area contributed by atoms with E-state index < -0.39 is 30.3 Å². The maximum absolute atomic E-state index is 12.5. The summed E-state index contributed by atoms with van der Waals surface area (Å²) in [5, 5.41) is 43.5. The smallest absolute Gasteiger partial charge is 0.262 e. The summed E-state index contributed by atoms with van der Waals surface area (Å²) in [5.41, 5.74) is 1.86. The van der Waals surface area contributed by atoms with Crippen LogP contribution in [0, 0.1) is 11.3 Å². The van der Waals surface area contributed by atoms with E-state index in [1.807, 2.05) is 24.3 Å². The van der Waals surface area contributed by atoms with Crippen LogP contribution in [0.25, 0.3) is 28.2 Å². The molecule has 4 atom stereocenters. The molecule has 4 N–H and O–H groups in total. The second kappa shape index (κ2) is 11.6. The van der Waals surface area contributed by atoms with Crippen LogP contribution in [0.2, 0.25) is 0 Å². The van der Waals surface area contributed by atoms with Gasteiger partial charge in [-0.3, -0.25) is 4.79 Å². The van der Waals surface area contributed by atoms with Crippen molar-refractivity contribution in [1.82, 2.24) is 5.32 Å². The molecule has 0 bridgehead atoms. The van der Waals surface area contributed by atoms with Crippen molar-refractivity contribution in [1.29, 1.82) is 5.26 Å². The number of aliphatic hydroxyl groups excluding tert-OH is 3. The number of nitriles is 1. The summed E-state index contributed by atoms with van der Waals surface area (Å²) in [6.45, 7) is 5.84. The van der Waals surface area contributed by atoms with E-state index in [1.165, 1.54) is 11.8 Å². The Morgan fingerprint density at radius 3 is 2.54 bits per heavy atom. The first-order valence-electron chi connectivity index (χ1n) is 12.3. The summed E-state index contributed by atoms with van der Waals surface area (Å²) in [6, 6.07) is 17.7. The molecule has 3 aromatic rings. The highest BCUT2D eigenvalue weighted by Crippen LogP contribution is 2.29. The van der Waals surface area contributed by atoms with E-state index in [4.69, 9.17) is 9.15 Å². The van der Waals surface area contributed by atoms with Crippen LogP contribution in [0.15, 0.2) is 58.5 Å². The molecule has 2 aromatic carbocycles. The molecule has 1 saturated heterocycles. The number of hydrogen-bond acceptors (Lipinski definition) is 8. The molecule has 2 heterocycles. The number of fused-ring (bicyclic) bond motifs is 1. The van der Waals surface area contributed by atoms with Gasteiger partial charge in [-0.15, -0.1) is 0 Å². The van der Waals surface area contributed by atoms with Gasteiger partial charge in [0.2, 0.25) is 0 Å². The average Bonchev–Trinajstić information content (AvgIpc) is 3.39. The SMILES string of the molecule is CCN(CC)c1ccc2cc(-c3ccc(C=C(C#N)C(=O)NCC4OCC(O)C(O)C4O)o3)ccc2c1. The predicted octanol–water partition coefficient (Wildman–Crippen LogP) is 2.45. The fourth-order valence-corrected chi connectivity index (χ4v) is 4.38. The van der Waals surface area contributed by atoms with Gasteiger partial charge in [0.05, 0.1) is 6.61 Å². The number of carbonyl (C=O) groups excluding carboxylic acids is 1. The Morgan fingerprint density at radius 2 is 1.81 bits per heavy atom. The summed E-state index contributed by atoms with van der Waals surface area (Å²) in [5.74, 6) is 0.266. The lowest BCUT2D eigenvalue weighted by Gasteiger charge is -2.35. The molecule has 37 heavy (non-hydrogen) atoms. The van der Waals surface area contributed by atoms with Gasteiger partial charge in [0, 0.05) is 37.0 Å². The van der Waals surface area contributed by atoms with Gasteiger partial charge in [-0.05, 0) is 55.0 Å². The number of benzene rings is 2. The van der Waals surface area contributed by atoms with E-state index in [0.29, 0.717) is 11.5 Å². The van der Waals surface area contributed by atoms with Gasteiger partial charge >= 0.3 is 0 Å². The topological polar surface area (TPSA) is 139 Å². The third-order valence-corrected chi connectivity index (χ3v) is 6.59. The van der Waals surface area contributed by atoms with Gasteiger partial charge in [0.15, 0.2) is 0 Å². The number of ether oxygens (including phenoxy) is 1. The quantitative estimate of drug-likeness (QED) is 0.270. The van der Waals surface area contributed by atoms with Crippen molar-refractivity contribution in [3.8, 4) is 17.4 Å². The maximum Gasteiger partial charge on any atom is 0.262 e. The number of carbonyl (C=O) groups is 1. The molecule has 0 saturated carbocycles. The number of rotatable bonds is 8. The Morgan fingerprint density at radius 1 is 1.08 bits per heavy atom.